The van der Waals surface area contributed by atoms with Crippen molar-refractivity contribution in [2.45, 2.75) is 6.92 Å². The summed E-state index contributed by atoms with van der Waals surface area (Å²) in [6.45, 7) is 2.60. The Kier molecular flexibility index (Phi) is 3.36. The van der Waals surface area contributed by atoms with Gasteiger partial charge in [-0.05, 0) is 31.2 Å². The molecule has 0 aliphatic carbocycles. The van der Waals surface area contributed by atoms with Crippen molar-refractivity contribution in [3.8, 4) is 11.4 Å². The zero-order chi connectivity index (χ0) is 13.1. The number of hydrogen-bond donors (Lipinski definition) is 1. The number of nitrogens with two attached hydrogens (primary N) is 1. The van der Waals surface area contributed by atoms with Crippen LogP contribution in [0.4, 0.5) is 11.9 Å². The third-order valence-electron chi connectivity index (χ3n) is 2.41. The Morgan fingerprint density at radius 1 is 1.28 bits per heavy atom. The Balaban J connectivity index is 2.30. The second-order valence-corrected chi connectivity index (χ2v) is 4.00. The molecule has 0 saturated heterocycles. The van der Waals surface area contributed by atoms with Gasteiger partial charge in [0.1, 0.15) is 5.75 Å². The molecule has 0 bridgehead atoms. The van der Waals surface area contributed by atoms with Crippen molar-refractivity contribution in [1.29, 1.82) is 0 Å². The Morgan fingerprint density at radius 3 is 2.44 bits per heavy atom. The maximum atomic E-state index is 5.84. The van der Waals surface area contributed by atoms with E-state index in [0.717, 1.165) is 11.4 Å². The predicted molar refractivity (Wildman–Crippen MR) is 71.3 cm³/mol. The average molecular weight is 247 g/mol. The number of nitrogens with zero attached hydrogens (tertiary/aromatic N) is 4. The van der Waals surface area contributed by atoms with Crippen molar-refractivity contribution in [3.05, 3.63) is 24.3 Å². The summed E-state index contributed by atoms with van der Waals surface area (Å²) in [6, 6.07) is 7.56. The predicted octanol–water partition coefficient (Wildman–Crippen LogP) is 1.31. The number of hydrogen-bond acceptors (Lipinski definition) is 5. The van der Waals surface area contributed by atoms with E-state index in [1.54, 1.807) is 9.58 Å². The van der Waals surface area contributed by atoms with Gasteiger partial charge in [-0.15, -0.1) is 5.10 Å². The molecule has 0 fully saturated rings. The van der Waals surface area contributed by atoms with E-state index in [1.807, 2.05) is 45.3 Å². The minimum absolute atomic E-state index is 0.364. The Bertz CT molecular complexity index is 518. The first-order valence-corrected chi connectivity index (χ1v) is 5.75. The monoisotopic (exact) mass is 247 g/mol. The van der Waals surface area contributed by atoms with Crippen molar-refractivity contribution >= 4 is 11.9 Å². The molecule has 0 amide bonds. The van der Waals surface area contributed by atoms with E-state index in [0.29, 0.717) is 18.5 Å². The average Bonchev–Trinajstić information content (AvgIpc) is 2.73. The van der Waals surface area contributed by atoms with Crippen LogP contribution in [-0.4, -0.2) is 35.5 Å². The third kappa shape index (κ3) is 2.37. The first-order chi connectivity index (χ1) is 8.61. The molecule has 18 heavy (non-hydrogen) atoms. The second-order valence-electron chi connectivity index (χ2n) is 4.00. The lowest BCUT2D eigenvalue weighted by molar-refractivity contribution is 0.340. The highest BCUT2D eigenvalue weighted by Crippen LogP contribution is 2.18. The van der Waals surface area contributed by atoms with Gasteiger partial charge in [0.15, 0.2) is 0 Å². The lowest BCUT2D eigenvalue weighted by Crippen LogP contribution is -2.10. The van der Waals surface area contributed by atoms with Gasteiger partial charge >= 0.3 is 0 Å². The molecule has 0 radical (unpaired) electrons. The van der Waals surface area contributed by atoms with Crippen molar-refractivity contribution < 1.29 is 4.74 Å². The molecule has 0 aliphatic rings. The topological polar surface area (TPSA) is 69.2 Å². The fourth-order valence-corrected chi connectivity index (χ4v) is 1.54. The van der Waals surface area contributed by atoms with Crippen LogP contribution in [0.2, 0.25) is 0 Å². The van der Waals surface area contributed by atoms with Crippen LogP contribution in [-0.2, 0) is 0 Å². The molecule has 0 saturated carbocycles. The number of anilines is 2. The van der Waals surface area contributed by atoms with Crippen LogP contribution in [0.1, 0.15) is 6.92 Å². The van der Waals surface area contributed by atoms with Gasteiger partial charge < -0.3 is 15.4 Å². The molecule has 0 spiro atoms. The van der Waals surface area contributed by atoms with Crippen LogP contribution in [0.15, 0.2) is 24.3 Å². The minimum atomic E-state index is 0.364. The molecule has 0 unspecified atom stereocenters. The van der Waals surface area contributed by atoms with Gasteiger partial charge in [0, 0.05) is 14.1 Å². The number of nitrogen functional groups attached to an aromatic ring is 1. The molecule has 2 aromatic rings. The number of benzene rings is 1. The summed E-state index contributed by atoms with van der Waals surface area (Å²) in [4.78, 5) is 5.98. The van der Waals surface area contributed by atoms with Crippen LogP contribution in [0.25, 0.3) is 5.69 Å². The van der Waals surface area contributed by atoms with E-state index in [9.17, 15) is 0 Å². The van der Waals surface area contributed by atoms with E-state index in [-0.39, 0.29) is 0 Å². The smallest absolute Gasteiger partial charge is 0.246 e. The maximum absolute atomic E-state index is 5.84. The molecular formula is C12H17N5O. The summed E-state index contributed by atoms with van der Waals surface area (Å²) in [5, 5.41) is 4.32. The summed E-state index contributed by atoms with van der Waals surface area (Å²) in [5.41, 5.74) is 6.70. The normalized spacial score (nSPS) is 10.4. The van der Waals surface area contributed by atoms with Crippen LogP contribution in [0.3, 0.4) is 0 Å². The molecular weight excluding hydrogens is 230 g/mol. The van der Waals surface area contributed by atoms with Crippen molar-refractivity contribution in [2.24, 2.45) is 0 Å². The molecule has 1 heterocycles. The van der Waals surface area contributed by atoms with Crippen molar-refractivity contribution in [1.82, 2.24) is 14.8 Å². The molecule has 2 rings (SSSR count). The lowest BCUT2D eigenvalue weighted by atomic mass is 10.3. The maximum Gasteiger partial charge on any atom is 0.246 e. The highest BCUT2D eigenvalue weighted by Gasteiger charge is 2.09. The molecule has 2 N–H and O–H groups in total. The summed E-state index contributed by atoms with van der Waals surface area (Å²) >= 11 is 0. The molecule has 96 valence electrons. The zero-order valence-electron chi connectivity index (χ0n) is 10.8. The van der Waals surface area contributed by atoms with Crippen molar-refractivity contribution in [3.63, 3.8) is 0 Å². The van der Waals surface area contributed by atoms with E-state index >= 15 is 0 Å². The summed E-state index contributed by atoms with van der Waals surface area (Å²) in [5.74, 6) is 1.78. The fourth-order valence-electron chi connectivity index (χ4n) is 1.54. The summed E-state index contributed by atoms with van der Waals surface area (Å²) in [7, 11) is 3.74. The molecule has 6 heteroatoms. The van der Waals surface area contributed by atoms with Gasteiger partial charge in [-0.25, -0.2) is 0 Å². The standard InChI is InChI=1S/C12H17N5O/c1-4-18-10-7-5-9(6-8-10)17-11(13)14-12(15-17)16(2)3/h5-8H,4H2,1-3H3,(H2,13,14,15). The largest absolute Gasteiger partial charge is 0.494 e. The second kappa shape index (κ2) is 4.95. The summed E-state index contributed by atoms with van der Waals surface area (Å²) in [6.07, 6.45) is 0. The Hall–Kier alpha value is -2.24. The minimum Gasteiger partial charge on any atom is -0.494 e. The van der Waals surface area contributed by atoms with Gasteiger partial charge in [-0.2, -0.15) is 9.67 Å². The van der Waals surface area contributed by atoms with Gasteiger partial charge in [-0.1, -0.05) is 0 Å². The summed E-state index contributed by atoms with van der Waals surface area (Å²) < 4.78 is 6.99. The van der Waals surface area contributed by atoms with Gasteiger partial charge in [0.25, 0.3) is 0 Å². The first-order valence-electron chi connectivity index (χ1n) is 5.75. The third-order valence-corrected chi connectivity index (χ3v) is 2.41. The van der Waals surface area contributed by atoms with Crippen LogP contribution in [0.5, 0.6) is 5.75 Å². The number of aromatic nitrogens is 3. The van der Waals surface area contributed by atoms with Gasteiger partial charge in [0.2, 0.25) is 11.9 Å². The van der Waals surface area contributed by atoms with E-state index < -0.39 is 0 Å². The number of ether oxygens (including phenoxy) is 1. The Labute approximate surface area is 106 Å². The SMILES string of the molecule is CCOc1ccc(-n2nc(N(C)C)nc2N)cc1. The van der Waals surface area contributed by atoms with E-state index in [4.69, 9.17) is 10.5 Å². The van der Waals surface area contributed by atoms with Crippen molar-refractivity contribution in [2.75, 3.05) is 31.3 Å². The lowest BCUT2D eigenvalue weighted by Gasteiger charge is -2.06. The molecule has 0 aliphatic heterocycles. The van der Waals surface area contributed by atoms with Crippen LogP contribution in [0, 0.1) is 0 Å². The van der Waals surface area contributed by atoms with E-state index in [1.165, 1.54) is 0 Å². The molecule has 0 atom stereocenters. The molecule has 6 nitrogen and oxygen atoms in total. The highest BCUT2D eigenvalue weighted by atomic mass is 16.5. The van der Waals surface area contributed by atoms with Crippen LogP contribution >= 0.6 is 0 Å². The van der Waals surface area contributed by atoms with Gasteiger partial charge in [0.05, 0.1) is 12.3 Å². The van der Waals surface area contributed by atoms with Crippen LogP contribution < -0.4 is 15.4 Å². The van der Waals surface area contributed by atoms with E-state index in [2.05, 4.69) is 10.1 Å². The first kappa shape index (κ1) is 12.2. The van der Waals surface area contributed by atoms with Gasteiger partial charge in [-0.3, -0.25) is 0 Å². The molecule has 1 aromatic carbocycles. The fraction of sp³-hybridized carbons (Fsp3) is 0.333. The Morgan fingerprint density at radius 2 is 1.94 bits per heavy atom. The highest BCUT2D eigenvalue weighted by molar-refractivity contribution is 5.44. The molecule has 1 aromatic heterocycles. The quantitative estimate of drug-likeness (QED) is 0.882. The number of rotatable bonds is 4. The zero-order valence-corrected chi connectivity index (χ0v) is 10.8.